The van der Waals surface area contributed by atoms with Crippen LogP contribution in [-0.2, 0) is 29.8 Å². The molecule has 13 nitrogen and oxygen atoms in total. The molecule has 61 heavy (non-hydrogen) atoms. The lowest BCUT2D eigenvalue weighted by molar-refractivity contribution is 0.0425. The third kappa shape index (κ3) is 11.2. The van der Waals surface area contributed by atoms with E-state index in [-0.39, 0.29) is 28.9 Å². The van der Waals surface area contributed by atoms with E-state index in [9.17, 15) is 31.6 Å². The number of aromatic nitrogens is 3. The number of fused-ring (bicyclic) bond motifs is 1. The van der Waals surface area contributed by atoms with Gasteiger partial charge in [-0.05, 0) is 138 Å². The van der Waals surface area contributed by atoms with Crippen LogP contribution < -0.4 is 10.2 Å². The molecule has 1 aliphatic rings. The summed E-state index contributed by atoms with van der Waals surface area (Å²) in [5.74, 6) is -6.52. The molecule has 332 valence electrons. The molecule has 2 aromatic carbocycles. The standard InChI is InChI=1S/C43H53F4N5O8S/c1-23(2)52-36-29(24-12-15-27(16-13-24)49-38(53)58-41(3,4)5)21-48-37(51(39(54)59-42(6,7)8)40(55)60-43(9,10)11)34(36)35(50-52)28-20-30(45)25(18-31(28)46)22-61(56,57)33-17-14-26(44)19-32(33)47/h14,17-21,23-24,27H,12-13,15-16,22H2,1-11H3,(H,49,53). The number of anilines is 1. The highest BCUT2D eigenvalue weighted by Crippen LogP contribution is 2.44. The molecule has 2 aromatic heterocycles. The second-order valence-electron chi connectivity index (χ2n) is 18.4. The molecule has 0 bridgehead atoms. The van der Waals surface area contributed by atoms with Gasteiger partial charge in [0, 0.05) is 35.5 Å². The zero-order valence-corrected chi connectivity index (χ0v) is 37.0. The van der Waals surface area contributed by atoms with Crippen LogP contribution in [-0.4, -0.2) is 64.3 Å². The number of sulfone groups is 1. The van der Waals surface area contributed by atoms with Gasteiger partial charge in [-0.3, -0.25) is 4.68 Å². The molecule has 0 atom stereocenters. The van der Waals surface area contributed by atoms with Gasteiger partial charge in [0.1, 0.15) is 50.7 Å². The van der Waals surface area contributed by atoms with Gasteiger partial charge in [0.05, 0.1) is 16.7 Å². The van der Waals surface area contributed by atoms with Crippen molar-refractivity contribution in [3.8, 4) is 11.3 Å². The highest BCUT2D eigenvalue weighted by atomic mass is 32.2. The van der Waals surface area contributed by atoms with E-state index in [0.717, 1.165) is 12.1 Å². The molecule has 0 radical (unpaired) electrons. The molecule has 1 saturated carbocycles. The minimum absolute atomic E-state index is 0.0380. The number of alkyl carbamates (subject to hydrolysis) is 1. The summed E-state index contributed by atoms with van der Waals surface area (Å²) >= 11 is 0. The van der Waals surface area contributed by atoms with Crippen LogP contribution in [0.25, 0.3) is 22.2 Å². The highest BCUT2D eigenvalue weighted by Gasteiger charge is 2.39. The van der Waals surface area contributed by atoms with Gasteiger partial charge in [-0.15, -0.1) is 0 Å². The number of nitrogens with one attached hydrogen (secondary N) is 1. The van der Waals surface area contributed by atoms with Gasteiger partial charge in [0.25, 0.3) is 0 Å². The second kappa shape index (κ2) is 17.2. The Morgan fingerprint density at radius 2 is 1.39 bits per heavy atom. The number of imide groups is 1. The topological polar surface area (TPSA) is 159 Å². The van der Waals surface area contributed by atoms with Gasteiger partial charge >= 0.3 is 18.3 Å². The molecule has 18 heteroatoms. The minimum atomic E-state index is -4.64. The first-order valence-electron chi connectivity index (χ1n) is 19.9. The number of pyridine rings is 1. The summed E-state index contributed by atoms with van der Waals surface area (Å²) in [4.78, 5) is 44.9. The maximum Gasteiger partial charge on any atom is 0.425 e. The summed E-state index contributed by atoms with van der Waals surface area (Å²) < 4.78 is 105. The van der Waals surface area contributed by atoms with Crippen LogP contribution in [0.4, 0.5) is 37.8 Å². The number of amides is 3. The monoisotopic (exact) mass is 875 g/mol. The van der Waals surface area contributed by atoms with Crippen LogP contribution in [0.5, 0.6) is 0 Å². The Bertz CT molecular complexity index is 2420. The molecule has 2 heterocycles. The van der Waals surface area contributed by atoms with Crippen LogP contribution in [0.2, 0.25) is 0 Å². The molecule has 0 saturated heterocycles. The van der Waals surface area contributed by atoms with Crippen LogP contribution in [0.3, 0.4) is 0 Å². The molecule has 1 N–H and O–H groups in total. The third-order valence-electron chi connectivity index (χ3n) is 9.44. The average Bonchev–Trinajstić information content (AvgIpc) is 3.49. The van der Waals surface area contributed by atoms with Crippen LogP contribution >= 0.6 is 0 Å². The van der Waals surface area contributed by atoms with E-state index < -0.39 is 96.0 Å². The lowest BCUT2D eigenvalue weighted by Gasteiger charge is -2.31. The molecule has 5 rings (SSSR count). The van der Waals surface area contributed by atoms with Crippen molar-refractivity contribution in [1.29, 1.82) is 0 Å². The van der Waals surface area contributed by atoms with Gasteiger partial charge in [-0.1, -0.05) is 0 Å². The van der Waals surface area contributed by atoms with E-state index in [0.29, 0.717) is 59.9 Å². The van der Waals surface area contributed by atoms with Crippen molar-refractivity contribution in [2.24, 2.45) is 0 Å². The van der Waals surface area contributed by atoms with Crippen molar-refractivity contribution >= 4 is 44.8 Å². The van der Waals surface area contributed by atoms with E-state index in [1.54, 1.807) is 80.8 Å². The Kier molecular flexibility index (Phi) is 13.2. The van der Waals surface area contributed by atoms with Crippen molar-refractivity contribution in [2.45, 2.75) is 147 Å². The summed E-state index contributed by atoms with van der Waals surface area (Å²) in [5, 5.41) is 7.63. The number of benzene rings is 2. The largest absolute Gasteiger partial charge is 0.444 e. The molecule has 1 aliphatic carbocycles. The first-order chi connectivity index (χ1) is 28.0. The van der Waals surface area contributed by atoms with Gasteiger partial charge in [-0.25, -0.2) is 45.3 Å². The maximum absolute atomic E-state index is 16.6. The van der Waals surface area contributed by atoms with Gasteiger partial charge in [-0.2, -0.15) is 10.00 Å². The third-order valence-corrected chi connectivity index (χ3v) is 11.1. The maximum atomic E-state index is 16.6. The zero-order chi connectivity index (χ0) is 45.6. The predicted octanol–water partition coefficient (Wildman–Crippen LogP) is 10.4. The smallest absolute Gasteiger partial charge is 0.425 e. The van der Waals surface area contributed by atoms with E-state index in [2.05, 4.69) is 10.3 Å². The fraction of sp³-hybridized carbons (Fsp3) is 0.512. The molecule has 1 fully saturated rings. The molecule has 4 aromatic rings. The number of rotatable bonds is 8. The molecular weight excluding hydrogens is 823 g/mol. The van der Waals surface area contributed by atoms with Crippen molar-refractivity contribution in [1.82, 2.24) is 20.1 Å². The summed E-state index contributed by atoms with van der Waals surface area (Å²) in [5.41, 5.74) is -3.35. The minimum Gasteiger partial charge on any atom is -0.444 e. The quantitative estimate of drug-likeness (QED) is 0.103. The Morgan fingerprint density at radius 3 is 1.92 bits per heavy atom. The van der Waals surface area contributed by atoms with Crippen molar-refractivity contribution in [3.63, 3.8) is 0 Å². The SMILES string of the molecule is CC(C)n1nc(-c2cc(F)c(CS(=O)(=O)c3ccc(F)cc3F)cc2F)c2c(N(C(=O)OC(C)(C)C)C(=O)OC(C)(C)C)ncc(C3CCC(NC(=O)OC(C)(C)C)CC3)c21. The van der Waals surface area contributed by atoms with Gasteiger partial charge in [0.15, 0.2) is 15.7 Å². The second-order valence-corrected chi connectivity index (χ2v) is 20.4. The fourth-order valence-corrected chi connectivity index (χ4v) is 8.40. The number of carbonyl (C=O) groups is 3. The molecule has 0 aliphatic heterocycles. The number of hydrogen-bond acceptors (Lipinski definition) is 10. The fourth-order valence-electron chi connectivity index (χ4n) is 6.99. The Hall–Kier alpha value is -5.26. The number of nitrogens with zero attached hydrogens (tertiary/aromatic N) is 4. The van der Waals surface area contributed by atoms with Crippen LogP contribution in [0, 0.1) is 23.3 Å². The first-order valence-corrected chi connectivity index (χ1v) is 21.5. The summed E-state index contributed by atoms with van der Waals surface area (Å²) in [6, 6.07) is 2.51. The van der Waals surface area contributed by atoms with E-state index in [1.807, 2.05) is 0 Å². The summed E-state index contributed by atoms with van der Waals surface area (Å²) in [7, 11) is -4.64. The zero-order valence-electron chi connectivity index (χ0n) is 36.2. The predicted molar refractivity (Wildman–Crippen MR) is 220 cm³/mol. The Labute approximate surface area is 353 Å². The van der Waals surface area contributed by atoms with Gasteiger partial charge < -0.3 is 19.5 Å². The lowest BCUT2D eigenvalue weighted by atomic mass is 9.81. The summed E-state index contributed by atoms with van der Waals surface area (Å²) in [6.45, 7) is 18.4. The normalized spacial score (nSPS) is 16.4. The average molecular weight is 876 g/mol. The van der Waals surface area contributed by atoms with Gasteiger partial charge in [0.2, 0.25) is 0 Å². The van der Waals surface area contributed by atoms with Crippen molar-refractivity contribution < 1.29 is 54.6 Å². The lowest BCUT2D eigenvalue weighted by Crippen LogP contribution is -2.44. The Balaban J connectivity index is 1.72. The number of hydrogen-bond donors (Lipinski definition) is 1. The van der Waals surface area contributed by atoms with Crippen LogP contribution in [0.1, 0.15) is 125 Å². The van der Waals surface area contributed by atoms with Crippen LogP contribution in [0.15, 0.2) is 41.4 Å². The first kappa shape index (κ1) is 46.8. The number of halogens is 4. The number of ether oxygens (including phenoxy) is 3. The molecular formula is C43H53F4N5O8S. The van der Waals surface area contributed by atoms with E-state index in [4.69, 9.17) is 19.3 Å². The molecule has 0 spiro atoms. The van der Waals surface area contributed by atoms with E-state index in [1.165, 1.54) is 6.20 Å². The number of carbonyl (C=O) groups excluding carboxylic acids is 3. The van der Waals surface area contributed by atoms with Crippen molar-refractivity contribution in [3.05, 3.63) is 70.9 Å². The van der Waals surface area contributed by atoms with E-state index >= 15 is 8.78 Å². The highest BCUT2D eigenvalue weighted by molar-refractivity contribution is 7.90. The van der Waals surface area contributed by atoms with Crippen molar-refractivity contribution in [2.75, 3.05) is 4.90 Å². The molecule has 3 amide bonds. The summed E-state index contributed by atoms with van der Waals surface area (Å²) in [6.07, 6.45) is 0.761. The molecule has 0 unspecified atom stereocenters. The Morgan fingerprint density at radius 1 is 0.820 bits per heavy atom.